The van der Waals surface area contributed by atoms with Crippen LogP contribution < -0.4 is 10.5 Å². The van der Waals surface area contributed by atoms with Gasteiger partial charge in [-0.2, -0.15) is 0 Å². The zero-order chi connectivity index (χ0) is 17.3. The molecule has 2 aliphatic heterocycles. The molecule has 0 bridgehead atoms. The Hall–Kier alpha value is -2.38. The van der Waals surface area contributed by atoms with Crippen LogP contribution in [0, 0.1) is 5.92 Å². The van der Waals surface area contributed by atoms with Gasteiger partial charge >= 0.3 is 6.01 Å². The third-order valence-electron chi connectivity index (χ3n) is 5.11. The van der Waals surface area contributed by atoms with Crippen LogP contribution in [0.1, 0.15) is 11.5 Å². The first kappa shape index (κ1) is 16.1. The number of anilines is 1. The Morgan fingerprint density at radius 2 is 2.28 bits per heavy atom. The number of nitrogens with two attached hydrogens (primary N) is 1. The molecule has 2 aliphatic rings. The predicted octanol–water partition coefficient (Wildman–Crippen LogP) is 1.57. The Labute approximate surface area is 146 Å². The summed E-state index contributed by atoms with van der Waals surface area (Å²) in [6.45, 7) is 3.94. The monoisotopic (exact) mass is 342 g/mol. The van der Waals surface area contributed by atoms with E-state index >= 15 is 0 Å². The van der Waals surface area contributed by atoms with E-state index in [1.54, 1.807) is 7.11 Å². The molecule has 0 saturated carbocycles. The number of methoxy groups -OCH3 is 1. The largest absolute Gasteiger partial charge is 0.496 e. The average molecular weight is 342 g/mol. The van der Waals surface area contributed by atoms with E-state index in [0.717, 1.165) is 37.6 Å². The Balaban J connectivity index is 1.46. The number of fused-ring (bicyclic) bond motifs is 1. The molecule has 0 radical (unpaired) electrons. The van der Waals surface area contributed by atoms with Crippen molar-refractivity contribution < 1.29 is 13.9 Å². The van der Waals surface area contributed by atoms with Crippen LogP contribution in [0.15, 0.2) is 34.8 Å². The second-order valence-corrected chi connectivity index (χ2v) is 6.65. The van der Waals surface area contributed by atoms with E-state index in [4.69, 9.17) is 19.6 Å². The van der Waals surface area contributed by atoms with Crippen molar-refractivity contribution >= 4 is 12.1 Å². The Kier molecular flexibility index (Phi) is 4.19. The van der Waals surface area contributed by atoms with Crippen LogP contribution >= 0.6 is 0 Å². The summed E-state index contributed by atoms with van der Waals surface area (Å²) in [6.07, 6.45) is 4.26. The van der Waals surface area contributed by atoms with Crippen molar-refractivity contribution in [1.82, 2.24) is 15.1 Å². The van der Waals surface area contributed by atoms with Gasteiger partial charge in [0.25, 0.3) is 0 Å². The number of benzene rings is 1. The molecule has 2 fully saturated rings. The lowest BCUT2D eigenvalue weighted by molar-refractivity contribution is 0.145. The van der Waals surface area contributed by atoms with Gasteiger partial charge in [0.15, 0.2) is 0 Å². The van der Waals surface area contributed by atoms with Crippen LogP contribution in [0.25, 0.3) is 6.08 Å². The smallest absolute Gasteiger partial charge is 0.312 e. The van der Waals surface area contributed by atoms with Crippen LogP contribution in [0.5, 0.6) is 5.75 Å². The fraction of sp³-hybridized carbons (Fsp3) is 0.444. The van der Waals surface area contributed by atoms with Crippen molar-refractivity contribution in [3.05, 3.63) is 41.8 Å². The normalized spacial score (nSPS) is 26.4. The van der Waals surface area contributed by atoms with Gasteiger partial charge < -0.3 is 19.6 Å². The lowest BCUT2D eigenvalue weighted by atomic mass is 9.81. The van der Waals surface area contributed by atoms with Crippen LogP contribution in [0.2, 0.25) is 0 Å². The molecule has 0 spiro atoms. The minimum Gasteiger partial charge on any atom is -0.496 e. The molecule has 2 saturated heterocycles. The molecule has 25 heavy (non-hydrogen) atoms. The van der Waals surface area contributed by atoms with Crippen LogP contribution in [-0.4, -0.2) is 55.1 Å². The van der Waals surface area contributed by atoms with Gasteiger partial charge in [0.1, 0.15) is 5.75 Å². The average Bonchev–Trinajstić information content (AvgIpc) is 3.29. The highest BCUT2D eigenvalue weighted by molar-refractivity contribution is 5.57. The van der Waals surface area contributed by atoms with Crippen molar-refractivity contribution in [1.29, 1.82) is 0 Å². The number of likely N-dealkylation sites (tertiary alicyclic amines) is 1. The third kappa shape index (κ3) is 2.89. The van der Waals surface area contributed by atoms with Crippen LogP contribution in [0.4, 0.5) is 6.01 Å². The lowest BCUT2D eigenvalue weighted by Crippen LogP contribution is -2.36. The van der Waals surface area contributed by atoms with Gasteiger partial charge in [-0.3, -0.25) is 4.90 Å². The van der Waals surface area contributed by atoms with E-state index in [2.05, 4.69) is 27.2 Å². The summed E-state index contributed by atoms with van der Waals surface area (Å²) in [5.74, 6) is 1.83. The molecular weight excluding hydrogens is 320 g/mol. The summed E-state index contributed by atoms with van der Waals surface area (Å²) in [5, 5.41) is 7.95. The maximum atomic E-state index is 5.70. The van der Waals surface area contributed by atoms with Crippen molar-refractivity contribution in [2.24, 2.45) is 5.92 Å². The van der Waals surface area contributed by atoms with Crippen LogP contribution in [-0.2, 0) is 10.2 Å². The number of hydrogen-bond acceptors (Lipinski definition) is 7. The summed E-state index contributed by atoms with van der Waals surface area (Å²) in [7, 11) is 1.69. The molecule has 0 unspecified atom stereocenters. The topological polar surface area (TPSA) is 86.6 Å². The van der Waals surface area contributed by atoms with Gasteiger partial charge in [-0.05, 0) is 6.07 Å². The van der Waals surface area contributed by atoms with Gasteiger partial charge in [-0.15, -0.1) is 5.10 Å². The highest BCUT2D eigenvalue weighted by atomic mass is 16.5. The number of aromatic nitrogens is 2. The molecule has 1 aromatic heterocycles. The Bertz CT molecular complexity index is 775. The molecular formula is C18H22N4O3. The molecule has 7 nitrogen and oxygen atoms in total. The number of ether oxygens (including phenoxy) is 2. The first-order valence-electron chi connectivity index (χ1n) is 8.40. The highest BCUT2D eigenvalue weighted by Gasteiger charge is 2.55. The lowest BCUT2D eigenvalue weighted by Gasteiger charge is -2.22. The maximum Gasteiger partial charge on any atom is 0.312 e. The third-order valence-corrected chi connectivity index (χ3v) is 5.11. The Morgan fingerprint density at radius 3 is 3.08 bits per heavy atom. The van der Waals surface area contributed by atoms with Crippen molar-refractivity contribution in [3.8, 4) is 5.75 Å². The van der Waals surface area contributed by atoms with Gasteiger partial charge in [0, 0.05) is 31.1 Å². The van der Waals surface area contributed by atoms with Gasteiger partial charge in [-0.25, -0.2) is 0 Å². The second kappa shape index (κ2) is 6.50. The predicted molar refractivity (Wildman–Crippen MR) is 93.2 cm³/mol. The molecule has 2 N–H and O–H groups in total. The van der Waals surface area contributed by atoms with E-state index in [1.807, 2.05) is 24.3 Å². The molecule has 1 aromatic carbocycles. The fourth-order valence-corrected chi connectivity index (χ4v) is 3.85. The summed E-state index contributed by atoms with van der Waals surface area (Å²) in [5.41, 5.74) is 6.46. The summed E-state index contributed by atoms with van der Waals surface area (Å²) in [4.78, 5) is 2.39. The zero-order valence-corrected chi connectivity index (χ0v) is 14.2. The number of hydrogen-bond donors (Lipinski definition) is 1. The van der Waals surface area contributed by atoms with Crippen molar-refractivity contribution in [2.45, 2.75) is 5.41 Å². The molecule has 7 heteroatoms. The molecule has 2 aromatic rings. The molecule has 132 valence electrons. The fourth-order valence-electron chi connectivity index (χ4n) is 3.85. The molecule has 2 atom stereocenters. The summed E-state index contributed by atoms with van der Waals surface area (Å²) >= 11 is 0. The first-order valence-corrected chi connectivity index (χ1v) is 8.40. The number of nitrogen functional groups attached to an aromatic ring is 1. The molecule has 3 heterocycles. The SMILES string of the molecule is COc1ccccc1/C=C/CN1C[C@@H]2COC[C@]2(c2nnc(N)o2)C1. The van der Waals surface area contributed by atoms with Crippen LogP contribution in [0.3, 0.4) is 0 Å². The summed E-state index contributed by atoms with van der Waals surface area (Å²) in [6, 6.07) is 8.10. The van der Waals surface area contributed by atoms with Gasteiger partial charge in [0.05, 0.1) is 25.7 Å². The van der Waals surface area contributed by atoms with E-state index in [0.29, 0.717) is 18.4 Å². The molecule has 0 aliphatic carbocycles. The van der Waals surface area contributed by atoms with E-state index in [9.17, 15) is 0 Å². The minimum atomic E-state index is -0.233. The molecule has 0 amide bonds. The quantitative estimate of drug-likeness (QED) is 0.882. The number of nitrogens with zero attached hydrogens (tertiary/aromatic N) is 3. The van der Waals surface area contributed by atoms with E-state index in [-0.39, 0.29) is 11.4 Å². The minimum absolute atomic E-state index is 0.115. The standard InChI is InChI=1S/C18H22N4O3/c1-23-15-7-3-2-5-13(15)6-4-8-22-9-14-10-24-12-18(14,11-22)16-20-21-17(19)25-16/h2-7,14H,8-12H2,1H3,(H2,19,21)/b6-4+/t14-,18-/m1/s1. The van der Waals surface area contributed by atoms with Gasteiger partial charge in [0.2, 0.25) is 5.89 Å². The van der Waals surface area contributed by atoms with E-state index < -0.39 is 0 Å². The maximum absolute atomic E-state index is 5.70. The highest BCUT2D eigenvalue weighted by Crippen LogP contribution is 2.43. The Morgan fingerprint density at radius 1 is 1.40 bits per heavy atom. The number of para-hydroxylation sites is 1. The van der Waals surface area contributed by atoms with Gasteiger partial charge in [-0.1, -0.05) is 35.4 Å². The summed E-state index contributed by atoms with van der Waals surface area (Å²) < 4.78 is 16.6. The molecule has 4 rings (SSSR count). The van der Waals surface area contributed by atoms with E-state index in [1.165, 1.54) is 0 Å². The second-order valence-electron chi connectivity index (χ2n) is 6.65. The first-order chi connectivity index (χ1) is 12.2. The van der Waals surface area contributed by atoms with Crippen molar-refractivity contribution in [3.63, 3.8) is 0 Å². The zero-order valence-electron chi connectivity index (χ0n) is 14.2. The number of rotatable bonds is 5. The van der Waals surface area contributed by atoms with Crippen molar-refractivity contribution in [2.75, 3.05) is 45.7 Å².